The lowest BCUT2D eigenvalue weighted by molar-refractivity contribution is -0.141. The summed E-state index contributed by atoms with van der Waals surface area (Å²) in [6.07, 6.45) is -7.73. The summed E-state index contributed by atoms with van der Waals surface area (Å²) in [6, 6.07) is 1.15. The maximum Gasteiger partial charge on any atom is 0.416 e. The number of halogens is 6. The van der Waals surface area contributed by atoms with Crippen LogP contribution in [0.3, 0.4) is 0 Å². The van der Waals surface area contributed by atoms with Gasteiger partial charge in [0.2, 0.25) is 0 Å². The fourth-order valence-corrected chi connectivity index (χ4v) is 1.31. The molecule has 1 rings (SSSR count). The zero-order valence-corrected chi connectivity index (χ0v) is 8.81. The number of benzene rings is 1. The lowest BCUT2D eigenvalue weighted by Crippen LogP contribution is -2.11. The van der Waals surface area contributed by atoms with Crippen LogP contribution in [0.15, 0.2) is 24.3 Å². The molecule has 0 heterocycles. The molecular formula is C11H8F6O. The van der Waals surface area contributed by atoms with Crippen LogP contribution in [0.4, 0.5) is 26.3 Å². The van der Waals surface area contributed by atoms with Crippen molar-refractivity contribution >= 4 is 6.08 Å². The standard InChI is InChI=1S/C11H8F6O/c12-10(13,14)8-3-4-9(11(15,16)17)7(6-8)2-1-5-18/h1-4,6,18H,5H2. The van der Waals surface area contributed by atoms with E-state index in [1.54, 1.807) is 0 Å². The highest BCUT2D eigenvalue weighted by Crippen LogP contribution is 2.36. The fourth-order valence-electron chi connectivity index (χ4n) is 1.31. The number of hydrogen-bond donors (Lipinski definition) is 1. The van der Waals surface area contributed by atoms with Crippen molar-refractivity contribution in [1.29, 1.82) is 0 Å². The molecule has 0 saturated carbocycles. The van der Waals surface area contributed by atoms with E-state index in [2.05, 4.69) is 0 Å². The van der Waals surface area contributed by atoms with Gasteiger partial charge in [-0.05, 0) is 23.8 Å². The molecule has 0 radical (unpaired) electrons. The Hall–Kier alpha value is -1.50. The Morgan fingerprint density at radius 2 is 1.61 bits per heavy atom. The first-order chi connectivity index (χ1) is 8.16. The Morgan fingerprint density at radius 3 is 2.06 bits per heavy atom. The molecule has 0 aliphatic carbocycles. The van der Waals surface area contributed by atoms with Crippen molar-refractivity contribution in [3.8, 4) is 0 Å². The van der Waals surface area contributed by atoms with Gasteiger partial charge in [-0.3, -0.25) is 0 Å². The highest BCUT2D eigenvalue weighted by molar-refractivity contribution is 5.56. The van der Waals surface area contributed by atoms with Gasteiger partial charge in [-0.25, -0.2) is 0 Å². The highest BCUT2D eigenvalue weighted by atomic mass is 19.4. The minimum absolute atomic E-state index is 0.374. The summed E-state index contributed by atoms with van der Waals surface area (Å²) in [6.45, 7) is -0.562. The third kappa shape index (κ3) is 3.49. The molecule has 0 spiro atoms. The Bertz CT molecular complexity index is 444. The van der Waals surface area contributed by atoms with E-state index in [1.807, 2.05) is 0 Å². The van der Waals surface area contributed by atoms with E-state index in [1.165, 1.54) is 0 Å². The van der Waals surface area contributed by atoms with E-state index in [0.29, 0.717) is 18.2 Å². The van der Waals surface area contributed by atoms with Crippen LogP contribution < -0.4 is 0 Å². The molecule has 0 bridgehead atoms. The number of aliphatic hydroxyl groups is 1. The van der Waals surface area contributed by atoms with Crippen molar-refractivity contribution in [2.75, 3.05) is 6.61 Å². The van der Waals surface area contributed by atoms with Gasteiger partial charge in [-0.2, -0.15) is 26.3 Å². The van der Waals surface area contributed by atoms with E-state index in [4.69, 9.17) is 5.11 Å². The van der Waals surface area contributed by atoms with Gasteiger partial charge in [0.25, 0.3) is 0 Å². The van der Waals surface area contributed by atoms with Crippen molar-refractivity contribution in [3.05, 3.63) is 41.0 Å². The van der Waals surface area contributed by atoms with Crippen molar-refractivity contribution in [1.82, 2.24) is 0 Å². The minimum atomic E-state index is -4.75. The molecule has 0 aliphatic heterocycles. The number of alkyl halides is 6. The lowest BCUT2D eigenvalue weighted by Gasteiger charge is -2.13. The molecule has 0 fully saturated rings. The molecule has 1 N–H and O–H groups in total. The minimum Gasteiger partial charge on any atom is -0.392 e. The average Bonchev–Trinajstić information content (AvgIpc) is 2.23. The van der Waals surface area contributed by atoms with Crippen LogP contribution in [0, 0.1) is 0 Å². The number of hydrogen-bond acceptors (Lipinski definition) is 1. The van der Waals surface area contributed by atoms with Gasteiger partial charge >= 0.3 is 12.4 Å². The fraction of sp³-hybridized carbons (Fsp3) is 0.273. The summed E-state index contributed by atoms with van der Waals surface area (Å²) >= 11 is 0. The Balaban J connectivity index is 3.34. The van der Waals surface area contributed by atoms with E-state index in [9.17, 15) is 26.3 Å². The molecule has 0 unspecified atom stereocenters. The summed E-state index contributed by atoms with van der Waals surface area (Å²) in [5.41, 5.74) is -2.99. The Morgan fingerprint density at radius 1 is 1.00 bits per heavy atom. The van der Waals surface area contributed by atoms with Crippen LogP contribution in [0.1, 0.15) is 16.7 Å². The second-order valence-corrected chi connectivity index (χ2v) is 3.38. The summed E-state index contributed by atoms with van der Waals surface area (Å²) in [5.74, 6) is 0. The van der Waals surface area contributed by atoms with Crippen molar-refractivity contribution in [3.63, 3.8) is 0 Å². The van der Waals surface area contributed by atoms with Gasteiger partial charge in [0.05, 0.1) is 17.7 Å². The molecule has 7 heteroatoms. The summed E-state index contributed by atoms with van der Waals surface area (Å²) < 4.78 is 74.7. The van der Waals surface area contributed by atoms with Gasteiger partial charge < -0.3 is 5.11 Å². The van der Waals surface area contributed by atoms with Crippen molar-refractivity contribution in [2.45, 2.75) is 12.4 Å². The van der Waals surface area contributed by atoms with Crippen LogP contribution in [0.25, 0.3) is 6.08 Å². The van der Waals surface area contributed by atoms with Crippen LogP contribution in [-0.2, 0) is 12.4 Å². The monoisotopic (exact) mass is 270 g/mol. The molecule has 1 aromatic rings. The third-order valence-corrected chi connectivity index (χ3v) is 2.09. The van der Waals surface area contributed by atoms with Crippen LogP contribution in [-0.4, -0.2) is 11.7 Å². The molecule has 0 aliphatic rings. The molecule has 0 atom stereocenters. The predicted octanol–water partition coefficient (Wildman–Crippen LogP) is 3.73. The van der Waals surface area contributed by atoms with Gasteiger partial charge in [-0.1, -0.05) is 12.2 Å². The first kappa shape index (κ1) is 14.6. The third-order valence-electron chi connectivity index (χ3n) is 2.09. The zero-order valence-electron chi connectivity index (χ0n) is 8.81. The van der Waals surface area contributed by atoms with Crippen LogP contribution >= 0.6 is 0 Å². The first-order valence-corrected chi connectivity index (χ1v) is 4.72. The second-order valence-electron chi connectivity index (χ2n) is 3.38. The molecule has 18 heavy (non-hydrogen) atoms. The van der Waals surface area contributed by atoms with E-state index < -0.39 is 35.6 Å². The maximum atomic E-state index is 12.5. The molecule has 1 nitrogen and oxygen atoms in total. The normalized spacial score (nSPS) is 13.3. The molecular weight excluding hydrogens is 262 g/mol. The lowest BCUT2D eigenvalue weighted by atomic mass is 10.0. The zero-order chi connectivity index (χ0) is 14.0. The van der Waals surface area contributed by atoms with Crippen LogP contribution in [0.5, 0.6) is 0 Å². The first-order valence-electron chi connectivity index (χ1n) is 4.72. The smallest absolute Gasteiger partial charge is 0.392 e. The topological polar surface area (TPSA) is 20.2 Å². The van der Waals surface area contributed by atoms with Crippen LogP contribution in [0.2, 0.25) is 0 Å². The maximum absolute atomic E-state index is 12.5. The van der Waals surface area contributed by atoms with Gasteiger partial charge in [0.15, 0.2) is 0 Å². The predicted molar refractivity (Wildman–Crippen MR) is 52.6 cm³/mol. The summed E-state index contributed by atoms with van der Waals surface area (Å²) in [7, 11) is 0. The van der Waals surface area contributed by atoms with Gasteiger partial charge in [-0.15, -0.1) is 0 Å². The van der Waals surface area contributed by atoms with Gasteiger partial charge in [0.1, 0.15) is 0 Å². The average molecular weight is 270 g/mol. The van der Waals surface area contributed by atoms with E-state index >= 15 is 0 Å². The number of rotatable bonds is 2. The quantitative estimate of drug-likeness (QED) is 0.812. The SMILES string of the molecule is OCC=Cc1cc(C(F)(F)F)ccc1C(F)(F)F. The molecule has 0 amide bonds. The Kier molecular flexibility index (Phi) is 4.05. The van der Waals surface area contributed by atoms with Crippen molar-refractivity contribution < 1.29 is 31.4 Å². The number of aliphatic hydroxyl groups excluding tert-OH is 1. The summed E-state index contributed by atoms with van der Waals surface area (Å²) in [4.78, 5) is 0. The largest absolute Gasteiger partial charge is 0.416 e. The van der Waals surface area contributed by atoms with Crippen molar-refractivity contribution in [2.24, 2.45) is 0 Å². The molecule has 0 saturated heterocycles. The van der Waals surface area contributed by atoms with Gasteiger partial charge in [0, 0.05) is 0 Å². The molecule has 0 aromatic heterocycles. The van der Waals surface area contributed by atoms with E-state index in [-0.39, 0.29) is 0 Å². The summed E-state index contributed by atoms with van der Waals surface area (Å²) in [5, 5.41) is 8.46. The second kappa shape index (κ2) is 5.01. The molecule has 1 aromatic carbocycles. The van der Waals surface area contributed by atoms with E-state index in [0.717, 1.165) is 12.2 Å². The molecule has 100 valence electrons. The highest BCUT2D eigenvalue weighted by Gasteiger charge is 2.36. The Labute approximate surface area is 98.4 Å².